The van der Waals surface area contributed by atoms with Gasteiger partial charge in [0.05, 0.1) is 22.2 Å². The Labute approximate surface area is 394 Å². The average Bonchev–Trinajstić information content (AvgIpc) is 3.70. The number of nitrogens with zero attached hydrogens (tertiary/aromatic N) is 2. The molecule has 0 saturated heterocycles. The number of hydrogen-bond donors (Lipinski definition) is 0. The van der Waals surface area contributed by atoms with Gasteiger partial charge in [-0.2, -0.15) is 0 Å². The Morgan fingerprint density at radius 2 is 0.761 bits per heavy atom. The lowest BCUT2D eigenvalue weighted by molar-refractivity contribution is 0.606. The molecule has 1 aromatic heterocycles. The molecule has 0 fully saturated rings. The highest BCUT2D eigenvalue weighted by Gasteiger charge is 2.58. The summed E-state index contributed by atoms with van der Waals surface area (Å²) in [5.74, 6) is 0.697. The number of hydrogen-bond acceptors (Lipinski definition) is 3. The molecule has 2 aliphatic carbocycles. The normalized spacial score (nSPS) is 14.1. The molecule has 14 rings (SSSR count). The standard InChI is InChI=1S/C64H40N2S/c1-2-19-42(20-3-1)58-40-59(49-27-17-21-41-18-4-5-24-46(41)49)66-62(65-58)45-23-16-22-43(38-45)44-36-37-61-57(39-44)64(56-34-14-15-35-60(56)67-61)54-32-12-10-30-52(54)63(53-31-11-13-33-55(53)64)50-28-8-6-25-47(50)48-26-7-9-29-51(48)63/h1-40H. The smallest absolute Gasteiger partial charge is 0.160 e. The molecule has 3 heteroatoms. The molecule has 0 unspecified atom stereocenters. The van der Waals surface area contributed by atoms with Crippen molar-refractivity contribution in [2.45, 2.75) is 20.6 Å². The minimum atomic E-state index is -0.601. The third kappa shape index (κ3) is 5.41. The van der Waals surface area contributed by atoms with Crippen LogP contribution in [0.2, 0.25) is 0 Å². The van der Waals surface area contributed by atoms with E-state index in [1.54, 1.807) is 0 Å². The van der Waals surface area contributed by atoms with Crippen molar-refractivity contribution in [1.82, 2.24) is 9.97 Å². The minimum Gasteiger partial charge on any atom is -0.228 e. The largest absolute Gasteiger partial charge is 0.228 e. The van der Waals surface area contributed by atoms with E-state index in [1.165, 1.54) is 76.2 Å². The Balaban J connectivity index is 0.989. The lowest BCUT2D eigenvalue weighted by atomic mass is 9.51. The molecule has 0 bridgehead atoms. The zero-order chi connectivity index (χ0) is 44.1. The Bertz CT molecular complexity index is 3710. The topological polar surface area (TPSA) is 25.8 Å². The van der Waals surface area contributed by atoms with Gasteiger partial charge in [0.15, 0.2) is 5.82 Å². The lowest BCUT2D eigenvalue weighted by Gasteiger charge is -2.51. The maximum Gasteiger partial charge on any atom is 0.160 e. The SMILES string of the molecule is c1ccc(-c2cc(-c3cccc4ccccc34)nc(-c3cccc(-c4ccc5c(c4)C4(c6ccccc6S5)c5ccccc5C5(c6ccccc6-c6ccccc65)c5ccccc54)c3)n2)cc1. The third-order valence-electron chi connectivity index (χ3n) is 14.6. The van der Waals surface area contributed by atoms with Gasteiger partial charge < -0.3 is 0 Å². The monoisotopic (exact) mass is 868 g/mol. The molecule has 0 radical (unpaired) electrons. The molecule has 0 amide bonds. The van der Waals surface area contributed by atoms with Crippen LogP contribution in [0.4, 0.5) is 0 Å². The average molecular weight is 869 g/mol. The second kappa shape index (κ2) is 14.7. The fourth-order valence-corrected chi connectivity index (χ4v) is 13.1. The van der Waals surface area contributed by atoms with E-state index in [4.69, 9.17) is 9.97 Å². The molecule has 312 valence electrons. The van der Waals surface area contributed by atoms with Crippen LogP contribution in [0.1, 0.15) is 44.5 Å². The van der Waals surface area contributed by atoms with Crippen LogP contribution < -0.4 is 0 Å². The van der Waals surface area contributed by atoms with E-state index >= 15 is 0 Å². The van der Waals surface area contributed by atoms with Crippen LogP contribution in [0.25, 0.3) is 66.9 Å². The summed E-state index contributed by atoms with van der Waals surface area (Å²) in [5, 5.41) is 2.36. The van der Waals surface area contributed by atoms with Gasteiger partial charge in [-0.3, -0.25) is 0 Å². The summed E-state index contributed by atoms with van der Waals surface area (Å²) in [5.41, 5.74) is 19.3. The first-order chi connectivity index (χ1) is 33.2. The summed E-state index contributed by atoms with van der Waals surface area (Å²) in [6, 6.07) is 89.5. The quantitative estimate of drug-likeness (QED) is 0.176. The first-order valence-corrected chi connectivity index (χ1v) is 23.9. The van der Waals surface area contributed by atoms with Crippen LogP contribution in [0.3, 0.4) is 0 Å². The van der Waals surface area contributed by atoms with Crippen LogP contribution >= 0.6 is 11.8 Å². The van der Waals surface area contributed by atoms with Crippen LogP contribution in [0.15, 0.2) is 252 Å². The van der Waals surface area contributed by atoms with Crippen molar-refractivity contribution in [2.24, 2.45) is 0 Å². The highest BCUT2D eigenvalue weighted by atomic mass is 32.2. The van der Waals surface area contributed by atoms with Crippen molar-refractivity contribution >= 4 is 22.5 Å². The van der Waals surface area contributed by atoms with Gasteiger partial charge in [0.2, 0.25) is 0 Å². The molecule has 0 N–H and O–H groups in total. The highest BCUT2D eigenvalue weighted by Crippen LogP contribution is 2.67. The number of aromatic nitrogens is 2. The van der Waals surface area contributed by atoms with Gasteiger partial charge in [0.1, 0.15) is 0 Å². The van der Waals surface area contributed by atoms with E-state index in [2.05, 4.69) is 243 Å². The summed E-state index contributed by atoms with van der Waals surface area (Å²) >= 11 is 1.88. The summed E-state index contributed by atoms with van der Waals surface area (Å²) in [6.45, 7) is 0. The predicted molar refractivity (Wildman–Crippen MR) is 275 cm³/mol. The van der Waals surface area contributed by atoms with Crippen molar-refractivity contribution < 1.29 is 0 Å². The van der Waals surface area contributed by atoms with Crippen molar-refractivity contribution in [1.29, 1.82) is 0 Å². The van der Waals surface area contributed by atoms with Gasteiger partial charge in [-0.1, -0.05) is 224 Å². The molecule has 2 spiro atoms. The summed E-state index contributed by atoms with van der Waals surface area (Å²) in [7, 11) is 0. The summed E-state index contributed by atoms with van der Waals surface area (Å²) in [4.78, 5) is 13.2. The zero-order valence-electron chi connectivity index (χ0n) is 36.4. The molecule has 0 saturated carbocycles. The van der Waals surface area contributed by atoms with Gasteiger partial charge in [0, 0.05) is 26.5 Å². The maximum absolute atomic E-state index is 5.35. The molecular formula is C64H40N2S. The minimum absolute atomic E-state index is 0.490. The maximum atomic E-state index is 5.35. The highest BCUT2D eigenvalue weighted by molar-refractivity contribution is 7.99. The summed E-state index contributed by atoms with van der Waals surface area (Å²) in [6.07, 6.45) is 0. The van der Waals surface area contributed by atoms with Gasteiger partial charge in [-0.15, -0.1) is 0 Å². The van der Waals surface area contributed by atoms with Gasteiger partial charge in [0.25, 0.3) is 0 Å². The molecule has 67 heavy (non-hydrogen) atoms. The molecule has 2 heterocycles. The first kappa shape index (κ1) is 38.2. The second-order valence-electron chi connectivity index (χ2n) is 17.9. The van der Waals surface area contributed by atoms with Crippen LogP contribution in [-0.2, 0) is 10.8 Å². The van der Waals surface area contributed by atoms with Crippen LogP contribution in [-0.4, -0.2) is 9.97 Å². The summed E-state index contributed by atoms with van der Waals surface area (Å²) < 4.78 is 0. The molecule has 10 aromatic carbocycles. The Morgan fingerprint density at radius 3 is 1.48 bits per heavy atom. The van der Waals surface area contributed by atoms with Crippen molar-refractivity contribution in [2.75, 3.05) is 0 Å². The van der Waals surface area contributed by atoms with Crippen molar-refractivity contribution in [3.8, 4) is 56.2 Å². The van der Waals surface area contributed by atoms with E-state index in [9.17, 15) is 0 Å². The van der Waals surface area contributed by atoms with E-state index in [-0.39, 0.29) is 0 Å². The molecule has 2 nitrogen and oxygen atoms in total. The number of benzene rings is 10. The van der Waals surface area contributed by atoms with E-state index in [1.807, 2.05) is 11.8 Å². The second-order valence-corrected chi connectivity index (χ2v) is 19.0. The van der Waals surface area contributed by atoms with Crippen molar-refractivity contribution in [3.05, 3.63) is 287 Å². The number of fused-ring (bicyclic) bond motifs is 16. The Hall–Kier alpha value is -8.11. The Kier molecular flexibility index (Phi) is 8.38. The fraction of sp³-hybridized carbons (Fsp3) is 0.0312. The molecule has 3 aliphatic rings. The first-order valence-electron chi connectivity index (χ1n) is 23.1. The molecule has 0 atom stereocenters. The van der Waals surface area contributed by atoms with E-state index in [0.29, 0.717) is 5.82 Å². The van der Waals surface area contributed by atoms with Gasteiger partial charge in [-0.25, -0.2) is 9.97 Å². The van der Waals surface area contributed by atoms with E-state index in [0.717, 1.165) is 39.2 Å². The molecule has 11 aromatic rings. The van der Waals surface area contributed by atoms with Crippen LogP contribution in [0.5, 0.6) is 0 Å². The Morgan fingerprint density at radius 1 is 0.284 bits per heavy atom. The van der Waals surface area contributed by atoms with Gasteiger partial charge >= 0.3 is 0 Å². The van der Waals surface area contributed by atoms with Gasteiger partial charge in [-0.05, 0) is 108 Å². The predicted octanol–water partition coefficient (Wildman–Crippen LogP) is 15.8. The fourth-order valence-electron chi connectivity index (χ4n) is 11.9. The number of rotatable bonds is 4. The lowest BCUT2D eigenvalue weighted by Crippen LogP contribution is -2.45. The zero-order valence-corrected chi connectivity index (χ0v) is 37.2. The van der Waals surface area contributed by atoms with E-state index < -0.39 is 10.8 Å². The van der Waals surface area contributed by atoms with Crippen molar-refractivity contribution in [3.63, 3.8) is 0 Å². The third-order valence-corrected chi connectivity index (χ3v) is 15.8. The molecule has 1 aliphatic heterocycles. The van der Waals surface area contributed by atoms with Crippen LogP contribution in [0, 0.1) is 0 Å². The molecular weight excluding hydrogens is 829 g/mol.